The van der Waals surface area contributed by atoms with Gasteiger partial charge in [-0.15, -0.1) is 0 Å². The van der Waals surface area contributed by atoms with E-state index < -0.39 is 0 Å². The van der Waals surface area contributed by atoms with Gasteiger partial charge in [0.05, 0.1) is 13.2 Å². The van der Waals surface area contributed by atoms with Gasteiger partial charge in [0.25, 0.3) is 0 Å². The third-order valence-corrected chi connectivity index (χ3v) is 4.92. The second-order valence-electron chi connectivity index (χ2n) is 6.47. The zero-order valence-electron chi connectivity index (χ0n) is 13.8. The molecular formula is C20H22N2O2. The van der Waals surface area contributed by atoms with Crippen molar-refractivity contribution in [3.8, 4) is 5.75 Å². The van der Waals surface area contributed by atoms with Crippen molar-refractivity contribution < 1.29 is 9.84 Å². The van der Waals surface area contributed by atoms with Crippen LogP contribution in [0.3, 0.4) is 0 Å². The van der Waals surface area contributed by atoms with Crippen LogP contribution in [0.4, 0.5) is 0 Å². The molecule has 1 fully saturated rings. The van der Waals surface area contributed by atoms with Crippen LogP contribution in [0.15, 0.2) is 54.7 Å². The Kier molecular flexibility index (Phi) is 4.00. The van der Waals surface area contributed by atoms with Gasteiger partial charge in [0.2, 0.25) is 0 Å². The molecule has 3 aromatic rings. The quantitative estimate of drug-likeness (QED) is 0.773. The molecule has 0 spiro atoms. The summed E-state index contributed by atoms with van der Waals surface area (Å²) in [6.45, 7) is 1.52. The maximum Gasteiger partial charge on any atom is 0.119 e. The van der Waals surface area contributed by atoms with Gasteiger partial charge in [0.15, 0.2) is 0 Å². The molecule has 1 aliphatic rings. The van der Waals surface area contributed by atoms with E-state index in [0.717, 1.165) is 24.2 Å². The van der Waals surface area contributed by atoms with Crippen molar-refractivity contribution in [3.05, 3.63) is 65.9 Å². The molecule has 2 unspecified atom stereocenters. The number of nitrogens with one attached hydrogen (secondary N) is 1. The highest BCUT2D eigenvalue weighted by Crippen LogP contribution is 2.35. The molecule has 0 aliphatic carbocycles. The van der Waals surface area contributed by atoms with Crippen molar-refractivity contribution in [2.24, 2.45) is 0 Å². The monoisotopic (exact) mass is 322 g/mol. The number of hydrogen-bond acceptors (Lipinski definition) is 3. The highest BCUT2D eigenvalue weighted by atomic mass is 16.5. The number of aliphatic hydroxyl groups is 1. The summed E-state index contributed by atoms with van der Waals surface area (Å²) in [5, 5.41) is 11.5. The van der Waals surface area contributed by atoms with Gasteiger partial charge in [0, 0.05) is 36.2 Å². The fourth-order valence-corrected chi connectivity index (χ4v) is 3.76. The number of fused-ring (bicyclic) bond motifs is 1. The maximum absolute atomic E-state index is 10.2. The summed E-state index contributed by atoms with van der Waals surface area (Å²) in [6.07, 6.45) is 2.45. The molecule has 0 saturated carbocycles. The molecule has 4 heteroatoms. The third-order valence-electron chi connectivity index (χ3n) is 4.92. The lowest BCUT2D eigenvalue weighted by Gasteiger charge is -2.25. The summed E-state index contributed by atoms with van der Waals surface area (Å²) in [6, 6.07) is 16.9. The van der Waals surface area contributed by atoms with E-state index in [1.165, 1.54) is 16.5 Å². The minimum atomic E-state index is -0.286. The van der Waals surface area contributed by atoms with Gasteiger partial charge in [-0.3, -0.25) is 4.90 Å². The number of aliphatic hydroxyl groups excluding tert-OH is 1. The smallest absolute Gasteiger partial charge is 0.119 e. The predicted molar refractivity (Wildman–Crippen MR) is 95.1 cm³/mol. The van der Waals surface area contributed by atoms with Gasteiger partial charge in [0.1, 0.15) is 5.75 Å². The number of H-pyrrole nitrogens is 1. The van der Waals surface area contributed by atoms with Crippen molar-refractivity contribution >= 4 is 10.9 Å². The summed E-state index contributed by atoms with van der Waals surface area (Å²) in [5.41, 5.74) is 3.65. The van der Waals surface area contributed by atoms with Crippen LogP contribution < -0.4 is 4.74 Å². The second kappa shape index (κ2) is 6.30. The highest BCUT2D eigenvalue weighted by Gasteiger charge is 2.32. The van der Waals surface area contributed by atoms with E-state index in [1.807, 2.05) is 18.3 Å². The van der Waals surface area contributed by atoms with Gasteiger partial charge in [-0.2, -0.15) is 0 Å². The number of ether oxygens (including phenoxy) is 1. The van der Waals surface area contributed by atoms with Crippen LogP contribution in [0.2, 0.25) is 0 Å². The van der Waals surface area contributed by atoms with Gasteiger partial charge in [-0.05, 0) is 41.8 Å². The zero-order valence-corrected chi connectivity index (χ0v) is 13.8. The van der Waals surface area contributed by atoms with Crippen molar-refractivity contribution in [1.82, 2.24) is 9.88 Å². The first-order valence-electron chi connectivity index (χ1n) is 8.35. The number of methoxy groups -OCH3 is 1. The Labute approximate surface area is 141 Å². The lowest BCUT2D eigenvalue weighted by molar-refractivity contribution is 0.173. The Balaban J connectivity index is 1.64. The van der Waals surface area contributed by atoms with E-state index >= 15 is 0 Å². The van der Waals surface area contributed by atoms with Crippen LogP contribution in [0.1, 0.15) is 23.6 Å². The first-order chi connectivity index (χ1) is 11.7. The molecule has 2 N–H and O–H groups in total. The summed E-state index contributed by atoms with van der Waals surface area (Å²) in [7, 11) is 1.69. The normalized spacial score (nSPS) is 21.4. The number of benzene rings is 2. The number of β-amino-alcohol motifs (C(OH)–C–C–N with tert-alkyl or cyclic N) is 1. The summed E-state index contributed by atoms with van der Waals surface area (Å²) >= 11 is 0. The minimum absolute atomic E-state index is 0.212. The molecule has 124 valence electrons. The fraction of sp³-hybridized carbons (Fsp3) is 0.300. The molecule has 2 atom stereocenters. The lowest BCUT2D eigenvalue weighted by atomic mass is 10.0. The van der Waals surface area contributed by atoms with Crippen molar-refractivity contribution in [3.63, 3.8) is 0 Å². The van der Waals surface area contributed by atoms with Crippen molar-refractivity contribution in [2.75, 3.05) is 13.7 Å². The second-order valence-corrected chi connectivity index (χ2v) is 6.47. The van der Waals surface area contributed by atoms with E-state index in [-0.39, 0.29) is 12.1 Å². The van der Waals surface area contributed by atoms with Crippen LogP contribution in [0.25, 0.3) is 10.9 Å². The Hall–Kier alpha value is -2.30. The van der Waals surface area contributed by atoms with Crippen LogP contribution in [-0.4, -0.2) is 34.7 Å². The van der Waals surface area contributed by atoms with Crippen LogP contribution in [0.5, 0.6) is 5.75 Å². The molecule has 1 aliphatic heterocycles. The standard InChI is InChI=1S/C20H22N2O2/c1-24-17-6-2-4-14(10-17)20-11-16(23)13-22(20)12-15-5-3-7-19-18(15)8-9-21-19/h2-10,16,20-21,23H,11-13H2,1H3. The number of aromatic nitrogens is 1. The molecule has 2 aromatic carbocycles. The van der Waals surface area contributed by atoms with Crippen LogP contribution in [-0.2, 0) is 6.54 Å². The average Bonchev–Trinajstić information content (AvgIpc) is 3.22. The largest absolute Gasteiger partial charge is 0.497 e. The number of rotatable bonds is 4. The van der Waals surface area contributed by atoms with E-state index in [4.69, 9.17) is 4.74 Å². The Morgan fingerprint density at radius 1 is 1.21 bits per heavy atom. The Bertz CT molecular complexity index is 842. The van der Waals surface area contributed by atoms with Crippen molar-refractivity contribution in [2.45, 2.75) is 25.1 Å². The van der Waals surface area contributed by atoms with Gasteiger partial charge < -0.3 is 14.8 Å². The van der Waals surface area contributed by atoms with Gasteiger partial charge >= 0.3 is 0 Å². The molecule has 1 aromatic heterocycles. The molecule has 4 nitrogen and oxygen atoms in total. The van der Waals surface area contributed by atoms with Crippen molar-refractivity contribution in [1.29, 1.82) is 0 Å². The predicted octanol–water partition coefficient (Wildman–Crippen LogP) is 3.48. The molecular weight excluding hydrogens is 300 g/mol. The van der Waals surface area contributed by atoms with E-state index in [2.05, 4.69) is 46.3 Å². The minimum Gasteiger partial charge on any atom is -0.497 e. The number of hydrogen-bond donors (Lipinski definition) is 2. The maximum atomic E-state index is 10.2. The fourth-order valence-electron chi connectivity index (χ4n) is 3.76. The molecule has 24 heavy (non-hydrogen) atoms. The van der Waals surface area contributed by atoms with E-state index in [0.29, 0.717) is 6.54 Å². The Morgan fingerprint density at radius 3 is 2.96 bits per heavy atom. The topological polar surface area (TPSA) is 48.5 Å². The van der Waals surface area contributed by atoms with E-state index in [9.17, 15) is 5.11 Å². The summed E-state index contributed by atoms with van der Waals surface area (Å²) < 4.78 is 5.36. The van der Waals surface area contributed by atoms with Crippen LogP contribution in [0, 0.1) is 0 Å². The summed E-state index contributed by atoms with van der Waals surface area (Å²) in [4.78, 5) is 5.63. The molecule has 0 amide bonds. The average molecular weight is 322 g/mol. The lowest BCUT2D eigenvalue weighted by Crippen LogP contribution is -2.24. The molecule has 1 saturated heterocycles. The molecule has 0 radical (unpaired) electrons. The van der Waals surface area contributed by atoms with Gasteiger partial charge in [-0.1, -0.05) is 24.3 Å². The van der Waals surface area contributed by atoms with E-state index in [1.54, 1.807) is 7.11 Å². The molecule has 0 bridgehead atoms. The SMILES string of the molecule is COc1cccc(C2CC(O)CN2Cc2cccc3[nH]ccc23)c1. The number of nitrogens with zero attached hydrogens (tertiary/aromatic N) is 1. The first-order valence-corrected chi connectivity index (χ1v) is 8.35. The van der Waals surface area contributed by atoms with Crippen LogP contribution >= 0.6 is 0 Å². The summed E-state index contributed by atoms with van der Waals surface area (Å²) in [5.74, 6) is 0.863. The Morgan fingerprint density at radius 2 is 2.08 bits per heavy atom. The highest BCUT2D eigenvalue weighted by molar-refractivity contribution is 5.82. The zero-order chi connectivity index (χ0) is 16.5. The molecule has 2 heterocycles. The first kappa shape index (κ1) is 15.2. The third kappa shape index (κ3) is 2.79. The van der Waals surface area contributed by atoms with Gasteiger partial charge in [-0.25, -0.2) is 0 Å². The number of aromatic amines is 1. The molecule has 4 rings (SSSR count). The number of likely N-dealkylation sites (tertiary alicyclic amines) is 1.